The van der Waals surface area contributed by atoms with Crippen LogP contribution < -0.4 is 0 Å². The highest BCUT2D eigenvalue weighted by atomic mass is 19.1. The van der Waals surface area contributed by atoms with Gasteiger partial charge in [0.15, 0.2) is 0 Å². The van der Waals surface area contributed by atoms with Crippen molar-refractivity contribution >= 4 is 0 Å². The molecule has 3 fully saturated rings. The molecule has 5 unspecified atom stereocenters. The van der Waals surface area contributed by atoms with Crippen molar-refractivity contribution in [2.24, 2.45) is 40.4 Å². The molecule has 0 radical (unpaired) electrons. The Bertz CT molecular complexity index is 712. The highest BCUT2D eigenvalue weighted by molar-refractivity contribution is 5.31. The van der Waals surface area contributed by atoms with E-state index >= 15 is 4.39 Å². The van der Waals surface area contributed by atoms with Gasteiger partial charge >= 0.3 is 0 Å². The molecule has 3 N–H and O–H groups in total. The van der Waals surface area contributed by atoms with E-state index in [0.717, 1.165) is 50.5 Å². The molecule has 4 heteroatoms. The fourth-order valence-electron chi connectivity index (χ4n) is 8.61. The van der Waals surface area contributed by atoms with Gasteiger partial charge in [0, 0.05) is 6.42 Å². The third kappa shape index (κ3) is 3.93. The first-order valence-electron chi connectivity index (χ1n) is 12.9. The number of aliphatic hydroxyl groups excluding tert-OH is 2. The Balaban J connectivity index is 1.55. The van der Waals surface area contributed by atoms with Gasteiger partial charge in [-0.15, -0.1) is 0 Å². The summed E-state index contributed by atoms with van der Waals surface area (Å²) < 4.78 is 15.7. The molecule has 4 aliphatic rings. The van der Waals surface area contributed by atoms with Gasteiger partial charge in [-0.3, -0.25) is 0 Å². The normalized spacial score (nSPS) is 46.4. The fraction of sp³-hybridized carbons (Fsp3) is 0.926. The zero-order valence-electron chi connectivity index (χ0n) is 20.3. The zero-order chi connectivity index (χ0) is 22.8. The Morgan fingerprint density at radius 3 is 2.35 bits per heavy atom. The lowest BCUT2D eigenvalue weighted by Crippen LogP contribution is -2.55. The van der Waals surface area contributed by atoms with E-state index in [-0.39, 0.29) is 28.5 Å². The predicted molar refractivity (Wildman–Crippen MR) is 122 cm³/mol. The molecule has 31 heavy (non-hydrogen) atoms. The summed E-state index contributed by atoms with van der Waals surface area (Å²) in [5, 5.41) is 31.0. The van der Waals surface area contributed by atoms with Crippen molar-refractivity contribution in [2.75, 3.05) is 0 Å². The van der Waals surface area contributed by atoms with Crippen LogP contribution in [0.4, 0.5) is 4.39 Å². The molecule has 0 aliphatic heterocycles. The van der Waals surface area contributed by atoms with Crippen LogP contribution in [0.3, 0.4) is 0 Å². The molecular weight excluding hydrogens is 391 g/mol. The minimum absolute atomic E-state index is 0.0342. The predicted octanol–water partition coefficient (Wildman–Crippen LogP) is 5.77. The Labute approximate surface area is 188 Å². The second-order valence-electron chi connectivity index (χ2n) is 12.8. The Morgan fingerprint density at radius 2 is 1.68 bits per heavy atom. The van der Waals surface area contributed by atoms with Gasteiger partial charge in [0.1, 0.15) is 5.83 Å². The minimum Gasteiger partial charge on any atom is -0.390 e. The Morgan fingerprint density at radius 1 is 1.03 bits per heavy atom. The number of halogens is 1. The first-order chi connectivity index (χ1) is 14.4. The van der Waals surface area contributed by atoms with Gasteiger partial charge in [-0.05, 0) is 105 Å². The lowest BCUT2D eigenvalue weighted by atomic mass is 9.47. The summed E-state index contributed by atoms with van der Waals surface area (Å²) in [7, 11) is 0. The number of hydrogen-bond donors (Lipinski definition) is 3. The van der Waals surface area contributed by atoms with Crippen molar-refractivity contribution in [3.63, 3.8) is 0 Å². The number of hydrogen-bond acceptors (Lipinski definition) is 3. The van der Waals surface area contributed by atoms with Crippen molar-refractivity contribution in [2.45, 2.75) is 117 Å². The maximum Gasteiger partial charge on any atom is 0.100 e. The van der Waals surface area contributed by atoms with Gasteiger partial charge < -0.3 is 15.3 Å². The summed E-state index contributed by atoms with van der Waals surface area (Å²) in [6.45, 7) is 10.8. The van der Waals surface area contributed by atoms with Crippen molar-refractivity contribution in [1.82, 2.24) is 0 Å². The maximum atomic E-state index is 15.7. The third-order valence-corrected chi connectivity index (χ3v) is 10.4. The number of aliphatic hydroxyl groups is 3. The van der Waals surface area contributed by atoms with E-state index in [4.69, 9.17) is 0 Å². The van der Waals surface area contributed by atoms with Gasteiger partial charge in [0.05, 0.1) is 17.8 Å². The van der Waals surface area contributed by atoms with E-state index in [9.17, 15) is 15.3 Å². The van der Waals surface area contributed by atoms with Crippen LogP contribution in [0.15, 0.2) is 11.4 Å². The van der Waals surface area contributed by atoms with Gasteiger partial charge in [-0.1, -0.05) is 33.6 Å². The lowest BCUT2D eigenvalue weighted by molar-refractivity contribution is -0.128. The number of allylic oxidation sites excluding steroid dienone is 2. The molecule has 3 nitrogen and oxygen atoms in total. The molecule has 9 atom stereocenters. The van der Waals surface area contributed by atoms with Crippen LogP contribution in [0.1, 0.15) is 98.8 Å². The molecule has 0 bridgehead atoms. The van der Waals surface area contributed by atoms with E-state index in [1.54, 1.807) is 0 Å². The van der Waals surface area contributed by atoms with E-state index in [1.807, 2.05) is 13.8 Å². The quantitative estimate of drug-likeness (QED) is 0.512. The molecule has 0 aromatic carbocycles. The summed E-state index contributed by atoms with van der Waals surface area (Å²) in [5.74, 6) is 1.63. The fourth-order valence-corrected chi connectivity index (χ4v) is 8.61. The van der Waals surface area contributed by atoms with Crippen LogP contribution in [0.2, 0.25) is 0 Å². The minimum atomic E-state index is -0.800. The van der Waals surface area contributed by atoms with Gasteiger partial charge in [0.25, 0.3) is 0 Å². The molecule has 3 saturated carbocycles. The van der Waals surface area contributed by atoms with Gasteiger partial charge in [0.2, 0.25) is 0 Å². The van der Waals surface area contributed by atoms with Crippen molar-refractivity contribution < 1.29 is 19.7 Å². The molecule has 0 aromatic heterocycles. The molecule has 0 saturated heterocycles. The van der Waals surface area contributed by atoms with E-state index < -0.39 is 17.8 Å². The summed E-state index contributed by atoms with van der Waals surface area (Å²) >= 11 is 0. The second kappa shape index (κ2) is 8.09. The standard InChI is InChI=1S/C27H45FO3/c1-16(7-6-12-25(2,3)31)17-8-9-18-23-19(10-13-26(17,18)4)27(5)14-11-22(29)24(30)20(27)15-21(23)28/h16-20,22,24,29-31H,6-15H2,1-5H3/t16-,17?,18?,19+,20?,22?,24?,26-,27-/m1/s1. The Kier molecular flexibility index (Phi) is 6.19. The van der Waals surface area contributed by atoms with Crippen LogP contribution in [-0.2, 0) is 0 Å². The summed E-state index contributed by atoms with van der Waals surface area (Å²) in [6.07, 6.45) is 7.73. The van der Waals surface area contributed by atoms with E-state index in [2.05, 4.69) is 20.8 Å². The summed E-state index contributed by atoms with van der Waals surface area (Å²) in [6, 6.07) is 0. The molecule has 0 aromatic rings. The molecule has 0 heterocycles. The smallest absolute Gasteiger partial charge is 0.100 e. The molecule has 4 aliphatic carbocycles. The van der Waals surface area contributed by atoms with Crippen LogP contribution in [-0.4, -0.2) is 33.1 Å². The SMILES string of the molecule is C[C@H](CCCC(C)(C)O)C1CCC2C3=C(F)CC4C(O)C(O)CC[C@]4(C)[C@H]3CC[C@@]21C. The van der Waals surface area contributed by atoms with Crippen LogP contribution in [0.5, 0.6) is 0 Å². The first kappa shape index (κ1) is 23.7. The average Bonchev–Trinajstić information content (AvgIpc) is 3.03. The highest BCUT2D eigenvalue weighted by Crippen LogP contribution is 2.68. The summed E-state index contributed by atoms with van der Waals surface area (Å²) in [4.78, 5) is 0. The number of fused-ring (bicyclic) bond motifs is 5. The average molecular weight is 437 g/mol. The largest absolute Gasteiger partial charge is 0.390 e. The third-order valence-electron chi connectivity index (χ3n) is 10.4. The first-order valence-corrected chi connectivity index (χ1v) is 12.9. The van der Waals surface area contributed by atoms with Crippen LogP contribution in [0.25, 0.3) is 0 Å². The van der Waals surface area contributed by atoms with Gasteiger partial charge in [-0.25, -0.2) is 4.39 Å². The molecule has 0 amide bonds. The maximum absolute atomic E-state index is 15.7. The Hall–Kier alpha value is -0.450. The zero-order valence-corrected chi connectivity index (χ0v) is 20.3. The van der Waals surface area contributed by atoms with Crippen molar-refractivity contribution in [3.05, 3.63) is 11.4 Å². The van der Waals surface area contributed by atoms with Gasteiger partial charge in [-0.2, -0.15) is 0 Å². The molecule has 178 valence electrons. The van der Waals surface area contributed by atoms with Crippen molar-refractivity contribution in [3.8, 4) is 0 Å². The molecule has 0 spiro atoms. The molecule has 4 rings (SSSR count). The van der Waals surface area contributed by atoms with Crippen molar-refractivity contribution in [1.29, 1.82) is 0 Å². The van der Waals surface area contributed by atoms with E-state index in [0.29, 0.717) is 30.6 Å². The van der Waals surface area contributed by atoms with Crippen LogP contribution >= 0.6 is 0 Å². The lowest BCUT2D eigenvalue weighted by Gasteiger charge is -2.59. The topological polar surface area (TPSA) is 60.7 Å². The summed E-state index contributed by atoms with van der Waals surface area (Å²) in [5.41, 5.74) is 0.566. The monoisotopic (exact) mass is 436 g/mol. The van der Waals surface area contributed by atoms with Crippen LogP contribution in [0, 0.1) is 40.4 Å². The number of rotatable bonds is 5. The molecular formula is C27H45FO3. The second-order valence-corrected chi connectivity index (χ2v) is 12.8. The van der Waals surface area contributed by atoms with E-state index in [1.165, 1.54) is 6.42 Å². The highest BCUT2D eigenvalue weighted by Gasteiger charge is 2.61.